The number of aliphatic carboxylic acids is 1. The molecule has 4 atom stereocenters. The van der Waals surface area contributed by atoms with Crippen LogP contribution in [0, 0.1) is 17.8 Å². The Labute approximate surface area is 183 Å². The highest BCUT2D eigenvalue weighted by molar-refractivity contribution is 5.72. The average molecular weight is 434 g/mol. The van der Waals surface area contributed by atoms with Crippen LogP contribution in [-0.2, 0) is 27.2 Å². The Kier molecular flexibility index (Phi) is 7.59. The lowest BCUT2D eigenvalue weighted by Crippen LogP contribution is -2.53. The zero-order chi connectivity index (χ0) is 22.6. The van der Waals surface area contributed by atoms with Crippen LogP contribution in [0.1, 0.15) is 57.1 Å². The normalized spacial score (nSPS) is 25.6. The first-order valence-electron chi connectivity index (χ1n) is 11.3. The standard InChI is InChI=1S/C24H35NO6/c1-15(2)20(26)9-8-17-6-7-18-12-19-16(13-24(17,18)25)4-3-5-21(19)31-14-23(29)30-11-10-22(27)28/h3-5,15,17-18,20,26H,6-14,25H2,1-2H3,(H,27,28). The van der Waals surface area contributed by atoms with E-state index in [0.717, 1.165) is 49.7 Å². The van der Waals surface area contributed by atoms with Crippen molar-refractivity contribution in [1.29, 1.82) is 0 Å². The Bertz CT molecular complexity index is 794. The van der Waals surface area contributed by atoms with Crippen LogP contribution in [0.3, 0.4) is 0 Å². The van der Waals surface area contributed by atoms with Crippen molar-refractivity contribution < 1.29 is 29.3 Å². The van der Waals surface area contributed by atoms with Gasteiger partial charge in [0, 0.05) is 5.54 Å². The molecule has 7 heteroatoms. The Balaban J connectivity index is 1.63. The predicted molar refractivity (Wildman–Crippen MR) is 116 cm³/mol. The highest BCUT2D eigenvalue weighted by Gasteiger charge is 2.49. The van der Waals surface area contributed by atoms with Crippen molar-refractivity contribution in [3.63, 3.8) is 0 Å². The van der Waals surface area contributed by atoms with Crippen molar-refractivity contribution in [3.05, 3.63) is 29.3 Å². The summed E-state index contributed by atoms with van der Waals surface area (Å²) in [5.74, 6) is 0.0976. The molecular formula is C24H35NO6. The number of carbonyl (C=O) groups excluding carboxylic acids is 1. The van der Waals surface area contributed by atoms with E-state index in [9.17, 15) is 14.7 Å². The summed E-state index contributed by atoms with van der Waals surface area (Å²) in [5.41, 5.74) is 8.99. The minimum absolute atomic E-state index is 0.158. The van der Waals surface area contributed by atoms with Crippen LogP contribution in [0.4, 0.5) is 0 Å². The minimum atomic E-state index is -1.01. The van der Waals surface area contributed by atoms with Gasteiger partial charge in [0.15, 0.2) is 6.61 Å². The van der Waals surface area contributed by atoms with Gasteiger partial charge in [0.25, 0.3) is 0 Å². The number of hydrogen-bond donors (Lipinski definition) is 3. The molecule has 0 radical (unpaired) electrons. The number of carboxylic acids is 1. The second-order valence-electron chi connectivity index (χ2n) is 9.40. The lowest BCUT2D eigenvalue weighted by Gasteiger charge is -2.42. The highest BCUT2D eigenvalue weighted by atomic mass is 16.6. The van der Waals surface area contributed by atoms with Gasteiger partial charge in [0.1, 0.15) is 12.4 Å². The van der Waals surface area contributed by atoms with Crippen LogP contribution >= 0.6 is 0 Å². The molecular weight excluding hydrogens is 398 g/mol. The molecule has 4 N–H and O–H groups in total. The fourth-order valence-electron chi connectivity index (χ4n) is 5.12. The van der Waals surface area contributed by atoms with Crippen molar-refractivity contribution in [2.45, 2.75) is 70.4 Å². The first-order chi connectivity index (χ1) is 14.7. The molecule has 1 fully saturated rings. The van der Waals surface area contributed by atoms with Gasteiger partial charge in [-0.2, -0.15) is 0 Å². The van der Waals surface area contributed by atoms with E-state index in [0.29, 0.717) is 17.6 Å². The van der Waals surface area contributed by atoms with Crippen LogP contribution in [0.25, 0.3) is 0 Å². The molecule has 0 saturated heterocycles. The van der Waals surface area contributed by atoms with E-state index in [1.807, 2.05) is 26.0 Å². The largest absolute Gasteiger partial charge is 0.482 e. The number of ether oxygens (including phenoxy) is 2. The number of carboxylic acid groups (broad SMARTS) is 1. The SMILES string of the molecule is CC(C)C(O)CCC1CCC2Cc3c(cccc3OCC(=O)OCCC(=O)O)CC12N. The molecule has 7 nitrogen and oxygen atoms in total. The smallest absolute Gasteiger partial charge is 0.344 e. The first kappa shape index (κ1) is 23.5. The number of esters is 1. The third-order valence-corrected chi connectivity index (χ3v) is 7.07. The predicted octanol–water partition coefficient (Wildman–Crippen LogP) is 2.70. The lowest BCUT2D eigenvalue weighted by molar-refractivity contribution is -0.148. The van der Waals surface area contributed by atoms with Crippen molar-refractivity contribution in [1.82, 2.24) is 0 Å². The number of aliphatic hydroxyl groups is 1. The number of aliphatic hydroxyl groups excluding tert-OH is 1. The maximum absolute atomic E-state index is 11.8. The lowest BCUT2D eigenvalue weighted by atomic mass is 9.68. The van der Waals surface area contributed by atoms with Crippen molar-refractivity contribution in [3.8, 4) is 5.75 Å². The van der Waals surface area contributed by atoms with E-state index >= 15 is 0 Å². The molecule has 0 bridgehead atoms. The molecule has 1 saturated carbocycles. The number of rotatable bonds is 10. The molecule has 1 aromatic carbocycles. The van der Waals surface area contributed by atoms with E-state index in [2.05, 4.69) is 6.07 Å². The zero-order valence-corrected chi connectivity index (χ0v) is 18.5. The van der Waals surface area contributed by atoms with Gasteiger partial charge in [-0.25, -0.2) is 4.79 Å². The monoisotopic (exact) mass is 433 g/mol. The van der Waals surface area contributed by atoms with E-state index in [4.69, 9.17) is 20.3 Å². The summed E-state index contributed by atoms with van der Waals surface area (Å²) in [6.45, 7) is 3.68. The van der Waals surface area contributed by atoms with Gasteiger partial charge in [0.2, 0.25) is 0 Å². The molecule has 1 aromatic rings. The molecule has 0 aliphatic heterocycles. The highest BCUT2D eigenvalue weighted by Crippen LogP contribution is 2.49. The molecule has 0 spiro atoms. The summed E-state index contributed by atoms with van der Waals surface area (Å²) in [6, 6.07) is 5.86. The van der Waals surface area contributed by atoms with Gasteiger partial charge in [-0.3, -0.25) is 4.79 Å². The summed E-state index contributed by atoms with van der Waals surface area (Å²) in [5, 5.41) is 18.8. The molecule has 0 amide bonds. The molecule has 2 aliphatic rings. The Morgan fingerprint density at radius 3 is 2.77 bits per heavy atom. The maximum Gasteiger partial charge on any atom is 0.344 e. The average Bonchev–Trinajstić information content (AvgIpc) is 3.03. The molecule has 3 rings (SSSR count). The van der Waals surface area contributed by atoms with Crippen molar-refractivity contribution in [2.75, 3.05) is 13.2 Å². The minimum Gasteiger partial charge on any atom is -0.482 e. The second-order valence-corrected chi connectivity index (χ2v) is 9.40. The summed E-state index contributed by atoms with van der Waals surface area (Å²) in [4.78, 5) is 22.4. The summed E-state index contributed by atoms with van der Waals surface area (Å²) < 4.78 is 10.6. The van der Waals surface area contributed by atoms with Crippen LogP contribution in [-0.4, -0.2) is 47.0 Å². The van der Waals surface area contributed by atoms with E-state index in [1.54, 1.807) is 0 Å². The second kappa shape index (κ2) is 10.0. The fourth-order valence-corrected chi connectivity index (χ4v) is 5.12. The van der Waals surface area contributed by atoms with E-state index in [-0.39, 0.29) is 37.2 Å². The topological polar surface area (TPSA) is 119 Å². The number of hydrogen-bond acceptors (Lipinski definition) is 6. The van der Waals surface area contributed by atoms with Gasteiger partial charge in [0.05, 0.1) is 12.5 Å². The molecule has 4 unspecified atom stereocenters. The molecule has 172 valence electrons. The van der Waals surface area contributed by atoms with Crippen LogP contribution in [0.5, 0.6) is 5.75 Å². The van der Waals surface area contributed by atoms with Gasteiger partial charge >= 0.3 is 11.9 Å². The summed E-state index contributed by atoms with van der Waals surface area (Å²) >= 11 is 0. The van der Waals surface area contributed by atoms with E-state index in [1.165, 1.54) is 0 Å². The van der Waals surface area contributed by atoms with Crippen LogP contribution in [0.2, 0.25) is 0 Å². The zero-order valence-electron chi connectivity index (χ0n) is 18.5. The third-order valence-electron chi connectivity index (χ3n) is 7.07. The third kappa shape index (κ3) is 5.57. The van der Waals surface area contributed by atoms with Gasteiger partial charge in [-0.1, -0.05) is 26.0 Å². The number of carbonyl (C=O) groups is 2. The van der Waals surface area contributed by atoms with Crippen LogP contribution < -0.4 is 10.5 Å². The molecule has 0 heterocycles. The summed E-state index contributed by atoms with van der Waals surface area (Å²) in [7, 11) is 0. The molecule has 2 aliphatic carbocycles. The molecule has 0 aromatic heterocycles. The van der Waals surface area contributed by atoms with Crippen LogP contribution in [0.15, 0.2) is 18.2 Å². The van der Waals surface area contributed by atoms with E-state index < -0.39 is 11.9 Å². The van der Waals surface area contributed by atoms with Crippen molar-refractivity contribution >= 4 is 11.9 Å². The Morgan fingerprint density at radius 2 is 2.06 bits per heavy atom. The fraction of sp³-hybridized carbons (Fsp3) is 0.667. The van der Waals surface area contributed by atoms with Gasteiger partial charge in [-0.05, 0) is 73.5 Å². The Morgan fingerprint density at radius 1 is 1.29 bits per heavy atom. The van der Waals surface area contributed by atoms with Gasteiger partial charge < -0.3 is 25.4 Å². The maximum atomic E-state index is 11.8. The number of benzene rings is 1. The number of nitrogens with two attached hydrogens (primary N) is 1. The first-order valence-corrected chi connectivity index (χ1v) is 11.3. The molecule has 31 heavy (non-hydrogen) atoms. The van der Waals surface area contributed by atoms with Gasteiger partial charge in [-0.15, -0.1) is 0 Å². The Hall–Kier alpha value is -2.12. The summed E-state index contributed by atoms with van der Waals surface area (Å²) in [6.07, 6.45) is 4.95. The quantitative estimate of drug-likeness (QED) is 0.485. The number of fused-ring (bicyclic) bond motifs is 2. The van der Waals surface area contributed by atoms with Crippen molar-refractivity contribution in [2.24, 2.45) is 23.5 Å².